The van der Waals surface area contributed by atoms with Gasteiger partial charge in [0.1, 0.15) is 11.5 Å². The number of aromatic nitrogens is 4. The maximum absolute atomic E-state index is 13.5. The molecule has 2 unspecified atom stereocenters. The van der Waals surface area contributed by atoms with E-state index in [4.69, 9.17) is 9.47 Å². The molecule has 2 aromatic carbocycles. The lowest BCUT2D eigenvalue weighted by Crippen LogP contribution is -2.35. The lowest BCUT2D eigenvalue weighted by Gasteiger charge is -2.27. The van der Waals surface area contributed by atoms with Crippen LogP contribution in [-0.2, 0) is 12.4 Å². The molecule has 1 aliphatic carbocycles. The highest BCUT2D eigenvalue weighted by Gasteiger charge is 2.41. The Bertz CT molecular complexity index is 2000. The van der Waals surface area contributed by atoms with Crippen molar-refractivity contribution < 1.29 is 60.1 Å². The van der Waals surface area contributed by atoms with Gasteiger partial charge in [-0.2, -0.15) is 36.5 Å². The SMILES string of the molecule is CCOc1ccc(C(=O)NCCNC(=O)c2cn(C3CCCCC3O)nc2C(F)(F)F)cc1.CCOc1ccc(C(=O)NCCNC(=O)c2cn[nH]c2C(F)(F)F)cc1. The summed E-state index contributed by atoms with van der Waals surface area (Å²) in [4.78, 5) is 48.4. The van der Waals surface area contributed by atoms with E-state index < -0.39 is 58.8 Å². The molecule has 0 bridgehead atoms. The van der Waals surface area contributed by atoms with Crippen LogP contribution in [0.2, 0.25) is 0 Å². The molecule has 4 aromatic rings. The van der Waals surface area contributed by atoms with E-state index >= 15 is 0 Å². The minimum absolute atomic E-state index is 0.0224. The number of benzene rings is 2. The number of nitrogens with zero attached hydrogens (tertiary/aromatic N) is 3. The molecule has 320 valence electrons. The van der Waals surface area contributed by atoms with Crippen molar-refractivity contribution >= 4 is 23.6 Å². The van der Waals surface area contributed by atoms with Gasteiger partial charge >= 0.3 is 12.4 Å². The highest BCUT2D eigenvalue weighted by atomic mass is 19.4. The summed E-state index contributed by atoms with van der Waals surface area (Å²) in [7, 11) is 0. The van der Waals surface area contributed by atoms with Crippen molar-refractivity contribution in [3.05, 3.63) is 94.6 Å². The minimum Gasteiger partial charge on any atom is -0.494 e. The van der Waals surface area contributed by atoms with E-state index in [1.54, 1.807) is 53.6 Å². The normalized spacial score (nSPS) is 15.3. The van der Waals surface area contributed by atoms with E-state index in [2.05, 4.69) is 31.5 Å². The summed E-state index contributed by atoms with van der Waals surface area (Å²) in [5, 5.41) is 28.5. The molecular formula is C38H44F6N8O7. The van der Waals surface area contributed by atoms with Crippen LogP contribution in [0.25, 0.3) is 0 Å². The maximum Gasteiger partial charge on any atom is 0.435 e. The van der Waals surface area contributed by atoms with E-state index in [0.717, 1.165) is 29.9 Å². The fourth-order valence-electron chi connectivity index (χ4n) is 5.85. The Hall–Kier alpha value is -6.12. The Balaban J connectivity index is 0.000000268. The number of carbonyl (C=O) groups excluding carboxylic acids is 4. The summed E-state index contributed by atoms with van der Waals surface area (Å²) in [6.45, 7) is 4.66. The topological polar surface area (TPSA) is 202 Å². The van der Waals surface area contributed by atoms with Crippen molar-refractivity contribution in [3.8, 4) is 11.5 Å². The van der Waals surface area contributed by atoms with Gasteiger partial charge in [0.25, 0.3) is 23.6 Å². The predicted molar refractivity (Wildman–Crippen MR) is 199 cm³/mol. The number of alkyl halides is 6. The largest absolute Gasteiger partial charge is 0.494 e. The van der Waals surface area contributed by atoms with Gasteiger partial charge in [-0.1, -0.05) is 12.8 Å². The Labute approximate surface area is 334 Å². The smallest absolute Gasteiger partial charge is 0.435 e. The van der Waals surface area contributed by atoms with Crippen molar-refractivity contribution in [2.45, 2.75) is 64.0 Å². The number of aromatic amines is 1. The van der Waals surface area contributed by atoms with Crippen LogP contribution in [-0.4, -0.2) is 94.2 Å². The molecule has 0 spiro atoms. The fourth-order valence-corrected chi connectivity index (χ4v) is 5.85. The third kappa shape index (κ3) is 13.2. The molecule has 1 saturated carbocycles. The first-order valence-corrected chi connectivity index (χ1v) is 18.6. The lowest BCUT2D eigenvalue weighted by molar-refractivity contribution is -0.142. The monoisotopic (exact) mass is 838 g/mol. The number of ether oxygens (including phenoxy) is 2. The van der Waals surface area contributed by atoms with E-state index in [1.165, 1.54) is 0 Å². The van der Waals surface area contributed by atoms with Crippen molar-refractivity contribution in [2.24, 2.45) is 0 Å². The molecular weight excluding hydrogens is 794 g/mol. The molecule has 6 N–H and O–H groups in total. The average molecular weight is 839 g/mol. The molecule has 2 heterocycles. The highest BCUT2D eigenvalue weighted by Crippen LogP contribution is 2.34. The highest BCUT2D eigenvalue weighted by molar-refractivity contribution is 5.97. The quantitative estimate of drug-likeness (QED) is 0.0710. The van der Waals surface area contributed by atoms with Gasteiger partial charge in [-0.3, -0.25) is 29.0 Å². The zero-order valence-electron chi connectivity index (χ0n) is 32.0. The second-order valence-corrected chi connectivity index (χ2v) is 12.9. The van der Waals surface area contributed by atoms with E-state index in [1.807, 2.05) is 13.8 Å². The summed E-state index contributed by atoms with van der Waals surface area (Å²) in [5.41, 5.74) is -2.94. The Morgan fingerprint density at radius 1 is 0.712 bits per heavy atom. The zero-order valence-corrected chi connectivity index (χ0v) is 32.0. The Morgan fingerprint density at radius 3 is 1.61 bits per heavy atom. The number of halogens is 6. The number of H-pyrrole nitrogens is 1. The minimum atomic E-state index is -4.82. The van der Waals surface area contributed by atoms with Crippen molar-refractivity contribution in [1.29, 1.82) is 0 Å². The van der Waals surface area contributed by atoms with Crippen LogP contribution in [0.15, 0.2) is 60.9 Å². The van der Waals surface area contributed by atoms with Gasteiger partial charge < -0.3 is 35.8 Å². The Kier molecular flexibility index (Phi) is 16.3. The molecule has 0 aliphatic heterocycles. The number of aliphatic hydroxyl groups excluding tert-OH is 1. The lowest BCUT2D eigenvalue weighted by atomic mass is 9.93. The number of rotatable bonds is 15. The molecule has 2 aromatic heterocycles. The van der Waals surface area contributed by atoms with Gasteiger partial charge in [0.2, 0.25) is 0 Å². The van der Waals surface area contributed by atoms with Crippen LogP contribution in [0.4, 0.5) is 26.3 Å². The summed E-state index contributed by atoms with van der Waals surface area (Å²) < 4.78 is 90.1. The summed E-state index contributed by atoms with van der Waals surface area (Å²) in [5.74, 6) is -1.38. The molecule has 2 atom stereocenters. The van der Waals surface area contributed by atoms with Gasteiger partial charge in [0.15, 0.2) is 11.4 Å². The Morgan fingerprint density at radius 2 is 1.17 bits per heavy atom. The number of hydrogen-bond acceptors (Lipinski definition) is 9. The van der Waals surface area contributed by atoms with Crippen LogP contribution in [0.5, 0.6) is 11.5 Å². The molecule has 0 saturated heterocycles. The van der Waals surface area contributed by atoms with E-state index in [-0.39, 0.29) is 38.0 Å². The van der Waals surface area contributed by atoms with Crippen molar-refractivity contribution in [2.75, 3.05) is 39.4 Å². The third-order valence-electron chi connectivity index (χ3n) is 8.69. The first kappa shape index (κ1) is 45.6. The summed E-state index contributed by atoms with van der Waals surface area (Å²) in [6, 6.07) is 12.3. The fraction of sp³-hybridized carbons (Fsp3) is 0.421. The molecule has 1 fully saturated rings. The number of amides is 4. The van der Waals surface area contributed by atoms with Gasteiger partial charge in [-0.25, -0.2) is 0 Å². The van der Waals surface area contributed by atoms with Gasteiger partial charge in [0.05, 0.1) is 42.7 Å². The maximum atomic E-state index is 13.5. The standard InChI is InChI=1S/C22H27F3N4O4.C16H17F3N4O3/c1-2-33-15-9-7-14(8-10-15)20(31)26-11-12-27-21(32)16-13-29(28-19(16)22(23,24)25)17-5-3-4-6-18(17)30;1-2-26-11-5-3-10(4-6-11)14(24)20-7-8-21-15(25)12-9-22-23-13(12)16(17,18)19/h7-10,13,17-18,30H,2-6,11-12H2,1H3,(H,26,31)(H,27,32);3-6,9H,2,7-8H2,1H3,(H,20,24)(H,21,25)(H,22,23). The molecule has 4 amide bonds. The number of aliphatic hydroxyl groups is 1. The first-order chi connectivity index (χ1) is 28.0. The second kappa shape index (κ2) is 21.0. The molecule has 21 heteroatoms. The summed E-state index contributed by atoms with van der Waals surface area (Å²) in [6.07, 6.45) is -5.98. The molecule has 0 radical (unpaired) electrons. The first-order valence-electron chi connectivity index (χ1n) is 18.6. The van der Waals surface area contributed by atoms with Crippen molar-refractivity contribution in [3.63, 3.8) is 0 Å². The predicted octanol–water partition coefficient (Wildman–Crippen LogP) is 4.92. The molecule has 59 heavy (non-hydrogen) atoms. The zero-order chi connectivity index (χ0) is 43.2. The number of nitrogens with one attached hydrogen (secondary N) is 5. The van der Waals surface area contributed by atoms with Crippen LogP contribution in [0, 0.1) is 0 Å². The van der Waals surface area contributed by atoms with Crippen LogP contribution < -0.4 is 30.7 Å². The third-order valence-corrected chi connectivity index (χ3v) is 8.69. The van der Waals surface area contributed by atoms with Crippen LogP contribution in [0.3, 0.4) is 0 Å². The van der Waals surface area contributed by atoms with Crippen LogP contribution >= 0.6 is 0 Å². The summed E-state index contributed by atoms with van der Waals surface area (Å²) >= 11 is 0. The molecule has 5 rings (SSSR count). The van der Waals surface area contributed by atoms with Gasteiger partial charge in [0, 0.05) is 43.5 Å². The average Bonchev–Trinajstić information content (AvgIpc) is 3.89. The number of hydrogen-bond donors (Lipinski definition) is 6. The number of carbonyl (C=O) groups is 4. The van der Waals surface area contributed by atoms with Gasteiger partial charge in [-0.15, -0.1) is 0 Å². The molecule has 1 aliphatic rings. The van der Waals surface area contributed by atoms with Crippen LogP contribution in [0.1, 0.15) is 98.4 Å². The van der Waals surface area contributed by atoms with E-state index in [0.29, 0.717) is 48.7 Å². The van der Waals surface area contributed by atoms with E-state index in [9.17, 15) is 50.6 Å². The van der Waals surface area contributed by atoms with Gasteiger partial charge in [-0.05, 0) is 75.2 Å². The second-order valence-electron chi connectivity index (χ2n) is 12.9. The molecule has 15 nitrogen and oxygen atoms in total. The van der Waals surface area contributed by atoms with Crippen molar-refractivity contribution in [1.82, 2.24) is 41.2 Å².